The second-order valence-corrected chi connectivity index (χ2v) is 9.40. The lowest BCUT2D eigenvalue weighted by atomic mass is 9.88. The summed E-state index contributed by atoms with van der Waals surface area (Å²) < 4.78 is 6.70. The standard InChI is InChI=1S/C22H24N2O3S2/c1-4-27-17(25)12-28-22-23-20-19(18-14(3)6-5-7-16(18)29-20)21(26)24(22)15-10-8-13(2)9-11-15/h8-11,14H,4-7,12H2,1-3H3/t14-/m0/s1. The van der Waals surface area contributed by atoms with E-state index in [4.69, 9.17) is 9.72 Å². The number of rotatable bonds is 5. The third-order valence-electron chi connectivity index (χ3n) is 5.26. The fourth-order valence-corrected chi connectivity index (χ4v) is 6.05. The smallest absolute Gasteiger partial charge is 0.316 e. The van der Waals surface area contributed by atoms with Crippen molar-refractivity contribution in [1.29, 1.82) is 0 Å². The number of ether oxygens (including phenoxy) is 1. The Morgan fingerprint density at radius 1 is 1.34 bits per heavy atom. The molecule has 5 nitrogen and oxygen atoms in total. The first-order valence-electron chi connectivity index (χ1n) is 9.93. The molecule has 1 aromatic carbocycles. The van der Waals surface area contributed by atoms with Gasteiger partial charge < -0.3 is 4.74 Å². The van der Waals surface area contributed by atoms with Gasteiger partial charge in [-0.3, -0.25) is 14.2 Å². The summed E-state index contributed by atoms with van der Waals surface area (Å²) in [5, 5.41) is 1.28. The number of hydrogen-bond donors (Lipinski definition) is 0. The SMILES string of the molecule is CCOC(=O)CSc1nc2sc3c(c2c(=O)n1-c1ccc(C)cc1)[C@@H](C)CCC3. The highest BCUT2D eigenvalue weighted by molar-refractivity contribution is 7.99. The molecule has 3 aromatic rings. The number of carbonyl (C=O) groups excluding carboxylic acids is 1. The Balaban J connectivity index is 1.90. The van der Waals surface area contributed by atoms with Crippen LogP contribution in [-0.4, -0.2) is 27.9 Å². The fourth-order valence-electron chi connectivity index (χ4n) is 3.86. The molecule has 0 unspecified atom stereocenters. The maximum absolute atomic E-state index is 13.7. The van der Waals surface area contributed by atoms with Crippen molar-refractivity contribution in [2.24, 2.45) is 0 Å². The maximum Gasteiger partial charge on any atom is 0.316 e. The van der Waals surface area contributed by atoms with Crippen LogP contribution in [0.4, 0.5) is 0 Å². The van der Waals surface area contributed by atoms with E-state index in [1.807, 2.05) is 31.2 Å². The number of thioether (sulfide) groups is 1. The lowest BCUT2D eigenvalue weighted by Crippen LogP contribution is -2.23. The Morgan fingerprint density at radius 3 is 2.83 bits per heavy atom. The Kier molecular flexibility index (Phi) is 5.79. The van der Waals surface area contributed by atoms with Crippen molar-refractivity contribution < 1.29 is 9.53 Å². The molecular weight excluding hydrogens is 404 g/mol. The molecule has 1 aliphatic carbocycles. The normalized spacial score (nSPS) is 16.0. The molecule has 0 saturated carbocycles. The fraction of sp³-hybridized carbons (Fsp3) is 0.409. The summed E-state index contributed by atoms with van der Waals surface area (Å²) in [6, 6.07) is 7.83. The molecular formula is C22H24N2O3S2. The van der Waals surface area contributed by atoms with Gasteiger partial charge in [-0.2, -0.15) is 0 Å². The molecule has 0 fully saturated rings. The van der Waals surface area contributed by atoms with Gasteiger partial charge in [0, 0.05) is 4.88 Å². The van der Waals surface area contributed by atoms with Crippen LogP contribution < -0.4 is 5.56 Å². The topological polar surface area (TPSA) is 61.2 Å². The number of esters is 1. The molecule has 0 radical (unpaired) electrons. The minimum Gasteiger partial charge on any atom is -0.465 e. The summed E-state index contributed by atoms with van der Waals surface area (Å²) >= 11 is 2.88. The number of benzene rings is 1. The largest absolute Gasteiger partial charge is 0.465 e. The maximum atomic E-state index is 13.7. The molecule has 0 N–H and O–H groups in total. The highest BCUT2D eigenvalue weighted by Crippen LogP contribution is 2.40. The van der Waals surface area contributed by atoms with Crippen molar-refractivity contribution in [1.82, 2.24) is 9.55 Å². The summed E-state index contributed by atoms with van der Waals surface area (Å²) in [7, 11) is 0. The van der Waals surface area contributed by atoms with Crippen molar-refractivity contribution in [2.45, 2.75) is 51.1 Å². The zero-order valence-corrected chi connectivity index (χ0v) is 18.5. The summed E-state index contributed by atoms with van der Waals surface area (Å²) in [5.41, 5.74) is 3.02. The zero-order chi connectivity index (χ0) is 20.5. The van der Waals surface area contributed by atoms with Gasteiger partial charge in [-0.25, -0.2) is 4.98 Å². The third-order valence-corrected chi connectivity index (χ3v) is 7.33. The molecule has 1 aliphatic rings. The molecule has 29 heavy (non-hydrogen) atoms. The lowest BCUT2D eigenvalue weighted by molar-refractivity contribution is -0.139. The molecule has 0 spiro atoms. The van der Waals surface area contributed by atoms with Gasteiger partial charge in [0.25, 0.3) is 5.56 Å². The molecule has 0 saturated heterocycles. The first-order chi connectivity index (χ1) is 14.0. The number of carbonyl (C=O) groups is 1. The quantitative estimate of drug-likeness (QED) is 0.330. The van der Waals surface area contributed by atoms with Crippen LogP contribution >= 0.6 is 23.1 Å². The van der Waals surface area contributed by atoms with E-state index in [1.165, 1.54) is 22.2 Å². The van der Waals surface area contributed by atoms with Gasteiger partial charge in [-0.1, -0.05) is 36.4 Å². The van der Waals surface area contributed by atoms with E-state index in [0.29, 0.717) is 17.7 Å². The molecule has 1 atom stereocenters. The molecule has 0 bridgehead atoms. The van der Waals surface area contributed by atoms with Gasteiger partial charge in [-0.15, -0.1) is 11.3 Å². The summed E-state index contributed by atoms with van der Waals surface area (Å²) in [5.74, 6) is 0.187. The first kappa shape index (κ1) is 20.2. The monoisotopic (exact) mass is 428 g/mol. The van der Waals surface area contributed by atoms with Crippen LogP contribution in [0.1, 0.15) is 48.6 Å². The van der Waals surface area contributed by atoms with Crippen molar-refractivity contribution in [3.05, 3.63) is 50.6 Å². The number of fused-ring (bicyclic) bond motifs is 3. The summed E-state index contributed by atoms with van der Waals surface area (Å²) in [4.78, 5) is 32.5. The predicted molar refractivity (Wildman–Crippen MR) is 119 cm³/mol. The van der Waals surface area contributed by atoms with Gasteiger partial charge in [-0.05, 0) is 56.7 Å². The Bertz CT molecular complexity index is 1120. The molecule has 2 heterocycles. The Hall–Kier alpha value is -2.12. The van der Waals surface area contributed by atoms with Gasteiger partial charge in [0.1, 0.15) is 4.83 Å². The van der Waals surface area contributed by atoms with E-state index in [-0.39, 0.29) is 17.3 Å². The van der Waals surface area contributed by atoms with Crippen LogP contribution in [0.15, 0.2) is 34.2 Å². The van der Waals surface area contributed by atoms with Crippen LogP contribution in [0.3, 0.4) is 0 Å². The number of aromatic nitrogens is 2. The lowest BCUT2D eigenvalue weighted by Gasteiger charge is -2.19. The zero-order valence-electron chi connectivity index (χ0n) is 16.9. The van der Waals surface area contributed by atoms with Gasteiger partial charge in [0.2, 0.25) is 0 Å². The van der Waals surface area contributed by atoms with E-state index in [0.717, 1.165) is 40.7 Å². The van der Waals surface area contributed by atoms with Crippen molar-refractivity contribution in [2.75, 3.05) is 12.4 Å². The number of hydrogen-bond acceptors (Lipinski definition) is 6. The van der Waals surface area contributed by atoms with Crippen LogP contribution in [0.5, 0.6) is 0 Å². The van der Waals surface area contributed by atoms with E-state index in [1.54, 1.807) is 22.8 Å². The molecule has 152 valence electrons. The number of nitrogens with zero attached hydrogens (tertiary/aromatic N) is 2. The second-order valence-electron chi connectivity index (χ2n) is 7.38. The van der Waals surface area contributed by atoms with Crippen molar-refractivity contribution in [3.8, 4) is 5.69 Å². The predicted octanol–water partition coefficient (Wildman–Crippen LogP) is 4.85. The molecule has 0 aliphatic heterocycles. The van der Waals surface area contributed by atoms with E-state index < -0.39 is 0 Å². The second kappa shape index (κ2) is 8.32. The Labute approximate surface area is 178 Å². The summed E-state index contributed by atoms with van der Waals surface area (Å²) in [6.07, 6.45) is 3.26. The van der Waals surface area contributed by atoms with Crippen LogP contribution in [0.25, 0.3) is 15.9 Å². The van der Waals surface area contributed by atoms with Crippen LogP contribution in [0.2, 0.25) is 0 Å². The molecule has 7 heteroatoms. The van der Waals surface area contributed by atoms with Crippen molar-refractivity contribution in [3.63, 3.8) is 0 Å². The highest BCUT2D eigenvalue weighted by atomic mass is 32.2. The first-order valence-corrected chi connectivity index (χ1v) is 11.7. The average molecular weight is 429 g/mol. The minimum absolute atomic E-state index is 0.0449. The van der Waals surface area contributed by atoms with Crippen molar-refractivity contribution >= 4 is 39.3 Å². The van der Waals surface area contributed by atoms with Crippen LogP contribution in [0, 0.1) is 6.92 Å². The summed E-state index contributed by atoms with van der Waals surface area (Å²) in [6.45, 7) is 6.34. The molecule has 2 aromatic heterocycles. The van der Waals surface area contributed by atoms with E-state index in [9.17, 15) is 9.59 Å². The van der Waals surface area contributed by atoms with Gasteiger partial charge in [0.05, 0.1) is 23.4 Å². The highest BCUT2D eigenvalue weighted by Gasteiger charge is 2.26. The molecule has 0 amide bonds. The minimum atomic E-state index is -0.304. The van der Waals surface area contributed by atoms with E-state index >= 15 is 0 Å². The molecule has 4 rings (SSSR count). The Morgan fingerprint density at radius 2 is 2.10 bits per heavy atom. The van der Waals surface area contributed by atoms with Gasteiger partial charge >= 0.3 is 5.97 Å². The number of aryl methyl sites for hydroxylation is 2. The van der Waals surface area contributed by atoms with Crippen LogP contribution in [-0.2, 0) is 16.0 Å². The average Bonchev–Trinajstić information content (AvgIpc) is 3.08. The number of thiophene rings is 1. The third kappa shape index (κ3) is 3.85. The van der Waals surface area contributed by atoms with E-state index in [2.05, 4.69) is 6.92 Å². The van der Waals surface area contributed by atoms with Gasteiger partial charge in [0.15, 0.2) is 5.16 Å².